The van der Waals surface area contributed by atoms with Crippen molar-refractivity contribution in [3.63, 3.8) is 0 Å². The lowest BCUT2D eigenvalue weighted by molar-refractivity contribution is -0.374. The predicted octanol–water partition coefficient (Wildman–Crippen LogP) is 17.8. The fourth-order valence-corrected chi connectivity index (χ4v) is 17.9. The SMILES string of the molecule is COC(=O)[C@H]1O[C@@H](Sc2ccccc2)[C@H](OC(=O)c2ccccc2)[C@@H](OCc2ccccc2)[C@@H]1O[C@H]1O[C@H](COCc2ccc3ccccc3c2)[C@@H](O[C@@H]2O[C@H](C(=O)OC)[C@@H](O[C@H]3O[C@H](COCc4ccc5ccccc5c4)[C@@H](OC(=O)CCl)[C@H](OCc4ccccc4)[C@H]3NC(=O)OCC(Cl)(Cl)Cl)[C@H](OCc3ccccc3)[C@H]2OC(=O)c2ccccc2)[C@H](OCc2ccccc2)[C@H]1NC(=O)OCC(Cl)(Cl)Cl. The van der Waals surface area contributed by atoms with Crippen LogP contribution in [-0.2, 0) is 149 Å². The van der Waals surface area contributed by atoms with Crippen molar-refractivity contribution in [1.29, 1.82) is 0 Å². The Morgan fingerprint density at radius 2 is 0.695 bits per heavy atom. The maximum atomic E-state index is 15.8. The highest BCUT2D eigenvalue weighted by atomic mass is 35.6. The largest absolute Gasteiger partial charge is 0.467 e. The van der Waals surface area contributed by atoms with Gasteiger partial charge in [-0.2, -0.15) is 0 Å². The van der Waals surface area contributed by atoms with Gasteiger partial charge in [0.1, 0.15) is 91.5 Å². The summed E-state index contributed by atoms with van der Waals surface area (Å²) >= 11 is 45.3. The molecule has 0 saturated carbocycles. The Labute approximate surface area is 851 Å². The van der Waals surface area contributed by atoms with Gasteiger partial charge in [-0.15, -0.1) is 11.6 Å². The van der Waals surface area contributed by atoms with Crippen LogP contribution in [0.15, 0.2) is 302 Å². The summed E-state index contributed by atoms with van der Waals surface area (Å²) in [6.45, 7) is -4.20. The number of carbonyl (C=O) groups excluding carboxylic acids is 7. The zero-order valence-corrected chi connectivity index (χ0v) is 81.8. The van der Waals surface area contributed by atoms with Crippen LogP contribution in [0.1, 0.15) is 54.1 Å². The molecule has 0 aromatic heterocycles. The summed E-state index contributed by atoms with van der Waals surface area (Å²) < 4.78 is 131. The van der Waals surface area contributed by atoms with E-state index in [1.165, 1.54) is 12.1 Å². The van der Waals surface area contributed by atoms with Crippen LogP contribution in [0.2, 0.25) is 0 Å². The van der Waals surface area contributed by atoms with Crippen molar-refractivity contribution in [3.05, 3.63) is 342 Å². The van der Waals surface area contributed by atoms with E-state index in [-0.39, 0.29) is 44.2 Å². The summed E-state index contributed by atoms with van der Waals surface area (Å²) in [6, 6.07) is 83.1. The average molecular weight is 2090 g/mol. The molecule has 11 aromatic rings. The van der Waals surface area contributed by atoms with E-state index in [2.05, 4.69) is 10.6 Å². The number of hydrogen-bond donors (Lipinski definition) is 2. The number of amides is 2. The van der Waals surface area contributed by atoms with Crippen LogP contribution in [-0.4, -0.2) is 218 Å². The zero-order valence-electron chi connectivity index (χ0n) is 75.7. The third-order valence-electron chi connectivity index (χ3n) is 23.1. The average Bonchev–Trinajstić information content (AvgIpc) is 0.749. The van der Waals surface area contributed by atoms with Gasteiger partial charge in [-0.25, -0.2) is 28.8 Å². The maximum Gasteiger partial charge on any atom is 0.407 e. The molecule has 4 aliphatic heterocycles. The lowest BCUT2D eigenvalue weighted by atomic mass is 9.93. The molecule has 0 bridgehead atoms. The molecule has 0 unspecified atom stereocenters. The minimum Gasteiger partial charge on any atom is -0.467 e. The third-order valence-corrected chi connectivity index (χ3v) is 25.1. The summed E-state index contributed by atoms with van der Waals surface area (Å²) in [5.41, 5.74) is 2.34. The van der Waals surface area contributed by atoms with Crippen molar-refractivity contribution in [2.75, 3.05) is 46.5 Å². The van der Waals surface area contributed by atoms with Gasteiger partial charge in [0.15, 0.2) is 49.4 Å². The molecule has 4 fully saturated rings. The molecule has 15 rings (SSSR count). The number of rotatable bonds is 40. The Bertz CT molecular complexity index is 5890. The minimum atomic E-state index is -2.25. The number of carbonyl (C=O) groups is 7. The molecule has 0 spiro atoms. The second-order valence-corrected chi connectivity index (χ2v) is 39.4. The Hall–Kier alpha value is -10.3. The predicted molar refractivity (Wildman–Crippen MR) is 522 cm³/mol. The third kappa shape index (κ3) is 29.5. The van der Waals surface area contributed by atoms with Crippen LogP contribution in [0.5, 0.6) is 0 Å². The van der Waals surface area contributed by atoms with E-state index >= 15 is 19.2 Å². The van der Waals surface area contributed by atoms with Gasteiger partial charge in [0, 0.05) is 4.90 Å². The number of alkyl carbamates (subject to hydrolysis) is 2. The summed E-state index contributed by atoms with van der Waals surface area (Å²) in [5, 5.41) is 9.22. The quantitative estimate of drug-likeness (QED) is 0.0205. The number of methoxy groups -OCH3 is 2. The Morgan fingerprint density at radius 1 is 0.340 bits per heavy atom. The first kappa shape index (κ1) is 105. The lowest BCUT2D eigenvalue weighted by Crippen LogP contribution is -2.71. The van der Waals surface area contributed by atoms with Gasteiger partial charge in [-0.1, -0.05) is 330 Å². The maximum absolute atomic E-state index is 15.8. The lowest BCUT2D eigenvalue weighted by Gasteiger charge is -2.52. The zero-order chi connectivity index (χ0) is 98.8. The van der Waals surface area contributed by atoms with Crippen LogP contribution in [0.25, 0.3) is 21.5 Å². The minimum absolute atomic E-state index is 0.0472. The van der Waals surface area contributed by atoms with Crippen LogP contribution in [0.3, 0.4) is 0 Å². The molecule has 2 amide bonds. The van der Waals surface area contributed by atoms with Crippen LogP contribution in [0.4, 0.5) is 9.59 Å². The number of thioether (sulfide) groups is 1. The van der Waals surface area contributed by atoms with E-state index in [4.69, 9.17) is 176 Å². The monoisotopic (exact) mass is 2080 g/mol. The number of halogens is 7. The smallest absolute Gasteiger partial charge is 0.407 e. The molecule has 37 heteroatoms. The summed E-state index contributed by atoms with van der Waals surface area (Å²) in [7, 11) is 2.18. The topological polar surface area (TPSA) is 328 Å². The van der Waals surface area contributed by atoms with Gasteiger partial charge in [-0.3, -0.25) is 4.79 Å². The molecular formula is C104H99Cl7N2O27S. The number of esters is 5. The van der Waals surface area contributed by atoms with Crippen molar-refractivity contribution in [3.8, 4) is 0 Å². The number of ether oxygens (including phenoxy) is 20. The van der Waals surface area contributed by atoms with Gasteiger partial charge in [0.2, 0.25) is 7.59 Å². The van der Waals surface area contributed by atoms with Crippen molar-refractivity contribution in [1.82, 2.24) is 10.6 Å². The van der Waals surface area contributed by atoms with Gasteiger partial charge in [-0.05, 0) is 103 Å². The number of benzene rings is 11. The van der Waals surface area contributed by atoms with E-state index in [0.29, 0.717) is 38.3 Å². The van der Waals surface area contributed by atoms with Crippen molar-refractivity contribution < 1.29 is 128 Å². The fraction of sp³-hybridized carbons (Fsp3) is 0.337. The normalized spacial score (nSPS) is 24.6. The summed E-state index contributed by atoms with van der Waals surface area (Å²) in [6.07, 6.45) is -33.9. The van der Waals surface area contributed by atoms with Gasteiger partial charge < -0.3 is 105 Å². The summed E-state index contributed by atoms with van der Waals surface area (Å²) in [4.78, 5) is 106. The Morgan fingerprint density at radius 3 is 1.11 bits per heavy atom. The van der Waals surface area contributed by atoms with Crippen molar-refractivity contribution >= 4 is 157 Å². The molecule has 20 atom stereocenters. The number of fused-ring (bicyclic) bond motifs is 2. The second-order valence-electron chi connectivity index (χ2n) is 32.9. The Kier molecular flexibility index (Phi) is 38.2. The number of alkyl halides is 7. The standard InChI is InChI=1S/C104H99Cl7N2O27S/c1-121-95(117)89-87(137-97-79(112-101(119)129-61-103(106,107)108)83(125-55-63-28-10-3-11-29-63)81(133-78(114)52-105)76(131-97)59-123-53-67-46-48-69-36-24-26-42-73(69)50-67)85(127-57-65-32-14-5-15-33-65)91(134-93(115)71-38-18-7-19-39-71)99(139-89)136-82-77(60-124-54-68-47-49-70-37-25-27-43-74(70)51-68)132-98(80(113-102(120)130-62-104(109,110)111)84(82)126-56-64-30-12-4-13-31-64)138-88-86(128-58-66-34-16-6-17-35-66)92(135-94(116)72-40-20-8-21-41-72)100(140-90(88)96(118)122-2)141-75-44-22-9-23-45-75/h3-51,76-77,79-92,97-100H,52-62H2,1-2H3,(H,112,119)(H,113,120)/t76-,77-,79-,80-,81-,82-,83-,84-,85+,86+,87+,88+,89+,90+,91-,92-,97-,98-,99-,100+/m1/s1. The first-order valence-corrected chi connectivity index (χ1v) is 48.5. The molecule has 29 nitrogen and oxygen atoms in total. The van der Waals surface area contributed by atoms with Crippen LogP contribution < -0.4 is 10.6 Å². The van der Waals surface area contributed by atoms with E-state index < -0.39 is 210 Å². The molecule has 141 heavy (non-hydrogen) atoms. The number of nitrogens with one attached hydrogen (secondary N) is 2. The molecule has 0 radical (unpaired) electrons. The fourth-order valence-electron chi connectivity index (χ4n) is 16.5. The van der Waals surface area contributed by atoms with Gasteiger partial charge in [0.05, 0.1) is 78.2 Å². The molecule has 4 saturated heterocycles. The molecular weight excluding hydrogens is 1990 g/mol. The van der Waals surface area contributed by atoms with Crippen molar-refractivity contribution in [2.24, 2.45) is 0 Å². The van der Waals surface area contributed by atoms with Crippen LogP contribution in [0, 0.1) is 0 Å². The van der Waals surface area contributed by atoms with Gasteiger partial charge in [0.25, 0.3) is 0 Å². The number of hydrogen-bond acceptors (Lipinski definition) is 28. The second kappa shape index (κ2) is 51.3. The highest BCUT2D eigenvalue weighted by Crippen LogP contribution is 2.44. The highest BCUT2D eigenvalue weighted by molar-refractivity contribution is 7.99. The van der Waals surface area contributed by atoms with Crippen molar-refractivity contribution in [2.45, 2.75) is 174 Å². The van der Waals surface area contributed by atoms with Crippen LogP contribution >= 0.6 is 93.0 Å². The van der Waals surface area contributed by atoms with E-state index in [1.807, 2.05) is 84.9 Å². The molecule has 4 heterocycles. The van der Waals surface area contributed by atoms with Gasteiger partial charge >= 0.3 is 42.0 Å². The molecule has 2 N–H and O–H groups in total. The molecule has 11 aromatic carbocycles. The summed E-state index contributed by atoms with van der Waals surface area (Å²) in [5.74, 6) is -5.81. The first-order valence-electron chi connectivity index (χ1n) is 44.8. The van der Waals surface area contributed by atoms with E-state index in [9.17, 15) is 14.4 Å². The Balaban J connectivity index is 0.898. The highest BCUT2D eigenvalue weighted by Gasteiger charge is 2.62. The van der Waals surface area contributed by atoms with E-state index in [1.54, 1.807) is 200 Å². The first-order chi connectivity index (χ1) is 68.4. The van der Waals surface area contributed by atoms with E-state index in [0.717, 1.165) is 47.5 Å². The molecule has 0 aliphatic carbocycles. The molecule has 742 valence electrons. The molecule has 4 aliphatic rings.